The van der Waals surface area contributed by atoms with Crippen molar-refractivity contribution >= 4 is 33.6 Å². The molecule has 0 heterocycles. The summed E-state index contributed by atoms with van der Waals surface area (Å²) < 4.78 is 0. The second-order valence-corrected chi connectivity index (χ2v) is 32.7. The van der Waals surface area contributed by atoms with Crippen LogP contribution in [0.2, 0.25) is 0 Å². The Morgan fingerprint density at radius 2 is 1.29 bits per heavy atom. The van der Waals surface area contributed by atoms with Crippen molar-refractivity contribution in [1.29, 1.82) is 0 Å². The largest absolute Gasteiger partial charge is 0.0952 e. The molecule has 0 N–H and O–H groups in total. The second kappa shape index (κ2) is 22.0. The van der Waals surface area contributed by atoms with Crippen LogP contribution in [-0.2, 0) is 30.1 Å². The molecule has 0 spiro atoms. The van der Waals surface area contributed by atoms with Crippen molar-refractivity contribution in [2.24, 2.45) is 59.2 Å². The zero-order valence-corrected chi connectivity index (χ0v) is 56.7. The van der Waals surface area contributed by atoms with Crippen molar-refractivity contribution < 1.29 is 0 Å². The molecule has 0 aromatic heterocycles. The van der Waals surface area contributed by atoms with Crippen LogP contribution in [0.5, 0.6) is 0 Å². The molecular formula is C94H94. The lowest BCUT2D eigenvalue weighted by Crippen LogP contribution is -2.37. The Kier molecular flexibility index (Phi) is 13.5. The van der Waals surface area contributed by atoms with Gasteiger partial charge in [0, 0.05) is 28.6 Å². The van der Waals surface area contributed by atoms with Crippen LogP contribution in [0.3, 0.4) is 0 Å². The zero-order chi connectivity index (χ0) is 62.9. The molecule has 0 saturated heterocycles. The summed E-state index contributed by atoms with van der Waals surface area (Å²) in [4.78, 5) is 0. The first-order chi connectivity index (χ1) is 45.9. The number of hydrogen-bond acceptors (Lipinski definition) is 0. The maximum atomic E-state index is 5.19. The SMILES string of the molecule is C=C(CC1C=C(c2c3c(cc4ccccc24)C=CCC3)C=C2c3cc4c(cc3CC21)C(C)(C)c1cc2c(cc1C4(C)C)CC1C2=CC(C2C3=C(C=C4C=CCCC42)CCC=C3)=CC1/C=C(\C)C1C2=C(C=CCC2)CC2CCC=CC21)C1=C2C=CCCC2CC2=C1C=CCC2. The molecule has 10 unspecified atom stereocenters. The van der Waals surface area contributed by atoms with Gasteiger partial charge in [-0.25, -0.2) is 0 Å². The van der Waals surface area contributed by atoms with E-state index in [0.29, 0.717) is 53.3 Å². The van der Waals surface area contributed by atoms with E-state index in [9.17, 15) is 0 Å². The Hall–Kier alpha value is -7.54. The number of fused-ring (bicyclic) bond motifs is 13. The Balaban J connectivity index is 0.732. The summed E-state index contributed by atoms with van der Waals surface area (Å²) >= 11 is 0. The van der Waals surface area contributed by atoms with Crippen LogP contribution in [0.4, 0.5) is 0 Å². The molecule has 0 fully saturated rings. The van der Waals surface area contributed by atoms with E-state index in [0.717, 1.165) is 57.3 Å². The van der Waals surface area contributed by atoms with Crippen LogP contribution in [0, 0.1) is 59.2 Å². The highest BCUT2D eigenvalue weighted by atomic mass is 14.5. The van der Waals surface area contributed by atoms with Crippen LogP contribution in [0.15, 0.2) is 243 Å². The fraction of sp³-hybridized carbons (Fsp3) is 0.383. The van der Waals surface area contributed by atoms with E-state index in [-0.39, 0.29) is 10.8 Å². The Labute approximate surface area is 561 Å². The van der Waals surface area contributed by atoms with E-state index in [1.807, 2.05) is 0 Å². The summed E-state index contributed by atoms with van der Waals surface area (Å²) in [6.45, 7) is 18.1. The molecule has 0 saturated carbocycles. The summed E-state index contributed by atoms with van der Waals surface area (Å²) in [5.41, 5.74) is 39.9. The Morgan fingerprint density at radius 1 is 0.585 bits per heavy atom. The van der Waals surface area contributed by atoms with Crippen LogP contribution in [-0.4, -0.2) is 0 Å². The lowest BCUT2D eigenvalue weighted by Gasteiger charge is -2.45. The third-order valence-electron chi connectivity index (χ3n) is 27.0. The molecular weight excluding hydrogens is 1130 g/mol. The van der Waals surface area contributed by atoms with E-state index >= 15 is 0 Å². The van der Waals surface area contributed by atoms with Crippen LogP contribution in [0.25, 0.3) is 33.6 Å². The predicted molar refractivity (Wildman–Crippen MR) is 396 cm³/mol. The minimum Gasteiger partial charge on any atom is -0.0952 e. The standard InChI is InChI=1S/C94H94/c1-55(89-71-31-15-7-23-57(71)41-58-24-8-16-32-72(58)89)39-65-45-69(91-75-35-19-11-27-61(75)43-62-28-12-20-36-76(62)91)49-83-79(65)47-67-51-85-87(53-81(67)83)94(5,6)86-52-68-48-80-66(40-56(2)90-73-33-17-9-25-59(73)42-60-26-10-18-34-74(60)90)46-70(50-84(80)82(68)54-88(86)93(85,3)4)92-77-37-21-13-29-63(77)44-64-30-14-22-38-78(64)92/h9,11-13,15-16,18-19,22,25,27-29,31-32,34-35,38,40,43-46,49-54,57,60,65-66,74,77,79-80,90,92H,1,7-8,10,14,17,20-21,23-24,26,30,33,36-37,39,41-42,47-48H2,2-6H3/b56-40+. The molecule has 0 amide bonds. The van der Waals surface area contributed by atoms with Crippen molar-refractivity contribution in [3.8, 4) is 0 Å². The summed E-state index contributed by atoms with van der Waals surface area (Å²) in [6.07, 6.45) is 73.7. The number of allylic oxidation sites excluding steroid dienone is 34. The van der Waals surface area contributed by atoms with Gasteiger partial charge in [0.05, 0.1) is 0 Å². The lowest BCUT2D eigenvalue weighted by molar-refractivity contribution is 0.276. The average Bonchev–Trinajstić information content (AvgIpc) is 1.38. The minimum atomic E-state index is -0.204. The maximum absolute atomic E-state index is 5.19. The quantitative estimate of drug-likeness (QED) is 0.162. The summed E-state index contributed by atoms with van der Waals surface area (Å²) in [7, 11) is 0. The highest BCUT2D eigenvalue weighted by Crippen LogP contribution is 2.61. The third-order valence-corrected chi connectivity index (χ3v) is 27.0. The van der Waals surface area contributed by atoms with Gasteiger partial charge in [-0.1, -0.05) is 221 Å². The molecule has 15 aliphatic carbocycles. The highest BCUT2D eigenvalue weighted by Gasteiger charge is 2.49. The normalized spacial score (nSPS) is 30.6. The first-order valence-corrected chi connectivity index (χ1v) is 37.3. The van der Waals surface area contributed by atoms with E-state index in [1.165, 1.54) is 148 Å². The van der Waals surface area contributed by atoms with Gasteiger partial charge in [0.25, 0.3) is 0 Å². The summed E-state index contributed by atoms with van der Waals surface area (Å²) in [5, 5.41) is 2.74. The van der Waals surface area contributed by atoms with Crippen LogP contribution < -0.4 is 0 Å². The van der Waals surface area contributed by atoms with Crippen molar-refractivity contribution in [3.63, 3.8) is 0 Å². The first-order valence-electron chi connectivity index (χ1n) is 37.3. The van der Waals surface area contributed by atoms with Gasteiger partial charge >= 0.3 is 0 Å². The van der Waals surface area contributed by atoms with Gasteiger partial charge in [-0.05, 0) is 315 Å². The molecule has 0 aliphatic heterocycles. The molecule has 94 heavy (non-hydrogen) atoms. The highest BCUT2D eigenvalue weighted by molar-refractivity contribution is 6.03. The minimum absolute atomic E-state index is 0.201. The second-order valence-electron chi connectivity index (χ2n) is 32.7. The predicted octanol–water partition coefficient (Wildman–Crippen LogP) is 23.8. The van der Waals surface area contributed by atoms with E-state index in [2.05, 4.69) is 211 Å². The smallest absolute Gasteiger partial charge is 0.0158 e. The third kappa shape index (κ3) is 8.94. The average molecular weight is 1220 g/mol. The fourth-order valence-corrected chi connectivity index (χ4v) is 22.5. The molecule has 4 aromatic rings. The van der Waals surface area contributed by atoms with Crippen molar-refractivity contribution in [1.82, 2.24) is 0 Å². The van der Waals surface area contributed by atoms with Crippen molar-refractivity contribution in [2.45, 2.75) is 167 Å². The molecule has 0 heteroatoms. The van der Waals surface area contributed by atoms with Gasteiger partial charge in [0.2, 0.25) is 0 Å². The van der Waals surface area contributed by atoms with Crippen LogP contribution in [0.1, 0.15) is 199 Å². The van der Waals surface area contributed by atoms with Gasteiger partial charge in [-0.15, -0.1) is 0 Å². The summed E-state index contributed by atoms with van der Waals surface area (Å²) in [5.74, 6) is 4.78. The van der Waals surface area contributed by atoms with Crippen molar-refractivity contribution in [3.05, 3.63) is 305 Å². The molecule has 0 nitrogen and oxygen atoms in total. The first kappa shape index (κ1) is 57.9. The monoisotopic (exact) mass is 1220 g/mol. The lowest BCUT2D eigenvalue weighted by atomic mass is 9.59. The molecule has 10 atom stereocenters. The van der Waals surface area contributed by atoms with Gasteiger partial charge in [0.1, 0.15) is 0 Å². The van der Waals surface area contributed by atoms with Crippen LogP contribution >= 0.6 is 0 Å². The van der Waals surface area contributed by atoms with Gasteiger partial charge in [0.15, 0.2) is 0 Å². The van der Waals surface area contributed by atoms with Gasteiger partial charge in [-0.3, -0.25) is 0 Å². The molecule has 4 aromatic carbocycles. The molecule has 0 radical (unpaired) electrons. The van der Waals surface area contributed by atoms with Gasteiger partial charge in [-0.2, -0.15) is 0 Å². The number of benzene rings is 4. The number of hydrogen-bond donors (Lipinski definition) is 0. The molecule has 15 aliphatic rings. The maximum Gasteiger partial charge on any atom is 0.0158 e. The zero-order valence-electron chi connectivity index (χ0n) is 56.7. The fourth-order valence-electron chi connectivity index (χ4n) is 22.5. The van der Waals surface area contributed by atoms with E-state index in [1.54, 1.807) is 78.0 Å². The van der Waals surface area contributed by atoms with Gasteiger partial charge < -0.3 is 0 Å². The topological polar surface area (TPSA) is 0 Å². The van der Waals surface area contributed by atoms with E-state index < -0.39 is 0 Å². The molecule has 19 rings (SSSR count). The van der Waals surface area contributed by atoms with Crippen molar-refractivity contribution in [2.75, 3.05) is 0 Å². The Morgan fingerprint density at radius 3 is 2.15 bits per heavy atom. The van der Waals surface area contributed by atoms with E-state index in [4.69, 9.17) is 6.58 Å². The molecule has 470 valence electrons. The molecule has 0 bridgehead atoms. The summed E-state index contributed by atoms with van der Waals surface area (Å²) in [6, 6.07) is 22.8. The Bertz CT molecular complexity index is 4640. The number of rotatable bonds is 7.